The SMILES string of the molecule is Cc1ccc(-c2cc(CCC(=O)N(C)O)nn2-c2ccccc2S(N)(=O)=O)cc1Cl. The van der Waals surface area contributed by atoms with Crippen molar-refractivity contribution in [3.05, 3.63) is 64.8 Å². The van der Waals surface area contributed by atoms with E-state index in [4.69, 9.17) is 16.7 Å². The molecule has 30 heavy (non-hydrogen) atoms. The Morgan fingerprint density at radius 3 is 2.57 bits per heavy atom. The predicted molar refractivity (Wildman–Crippen MR) is 113 cm³/mol. The topological polar surface area (TPSA) is 119 Å². The Labute approximate surface area is 179 Å². The number of carbonyl (C=O) groups is 1. The Hall–Kier alpha value is -2.72. The molecule has 0 saturated heterocycles. The molecule has 1 amide bonds. The number of rotatable bonds is 6. The molecule has 3 N–H and O–H groups in total. The van der Waals surface area contributed by atoms with Crippen molar-refractivity contribution in [3.63, 3.8) is 0 Å². The largest absolute Gasteiger partial charge is 0.286 e. The van der Waals surface area contributed by atoms with Crippen LogP contribution in [0, 0.1) is 6.92 Å². The van der Waals surface area contributed by atoms with Gasteiger partial charge in [-0.2, -0.15) is 5.10 Å². The number of halogens is 1. The quantitative estimate of drug-likeness (QED) is 0.444. The summed E-state index contributed by atoms with van der Waals surface area (Å²) in [6, 6.07) is 13.5. The van der Waals surface area contributed by atoms with Gasteiger partial charge >= 0.3 is 0 Å². The zero-order chi connectivity index (χ0) is 22.1. The molecule has 0 aliphatic carbocycles. The number of benzene rings is 2. The Morgan fingerprint density at radius 1 is 1.23 bits per heavy atom. The summed E-state index contributed by atoms with van der Waals surface area (Å²) in [7, 11) is -2.75. The van der Waals surface area contributed by atoms with Gasteiger partial charge in [-0.15, -0.1) is 0 Å². The van der Waals surface area contributed by atoms with Crippen molar-refractivity contribution in [1.29, 1.82) is 0 Å². The maximum absolute atomic E-state index is 12.1. The molecule has 0 unspecified atom stereocenters. The Morgan fingerprint density at radius 2 is 1.93 bits per heavy atom. The summed E-state index contributed by atoms with van der Waals surface area (Å²) in [5.41, 5.74) is 3.03. The van der Waals surface area contributed by atoms with Gasteiger partial charge in [-0.3, -0.25) is 10.0 Å². The van der Waals surface area contributed by atoms with Crippen LogP contribution in [-0.4, -0.2) is 41.4 Å². The van der Waals surface area contributed by atoms with Gasteiger partial charge in [0.2, 0.25) is 15.9 Å². The van der Waals surface area contributed by atoms with E-state index in [1.807, 2.05) is 19.1 Å². The van der Waals surface area contributed by atoms with Crippen LogP contribution < -0.4 is 5.14 Å². The Bertz CT molecular complexity index is 1210. The molecule has 158 valence electrons. The monoisotopic (exact) mass is 448 g/mol. The van der Waals surface area contributed by atoms with E-state index in [1.54, 1.807) is 30.3 Å². The van der Waals surface area contributed by atoms with E-state index >= 15 is 0 Å². The fraction of sp³-hybridized carbons (Fsp3) is 0.200. The molecule has 0 spiro atoms. The van der Waals surface area contributed by atoms with Gasteiger partial charge in [0.1, 0.15) is 4.90 Å². The molecule has 0 fully saturated rings. The summed E-state index contributed by atoms with van der Waals surface area (Å²) in [6.45, 7) is 1.88. The van der Waals surface area contributed by atoms with Gasteiger partial charge in [-0.05, 0) is 36.8 Å². The van der Waals surface area contributed by atoms with Crippen LogP contribution in [0.1, 0.15) is 17.7 Å². The van der Waals surface area contributed by atoms with Crippen LogP contribution >= 0.6 is 11.6 Å². The van der Waals surface area contributed by atoms with E-state index < -0.39 is 15.9 Å². The van der Waals surface area contributed by atoms with Crippen LogP contribution in [0.4, 0.5) is 0 Å². The van der Waals surface area contributed by atoms with Gasteiger partial charge in [0, 0.05) is 30.5 Å². The molecule has 1 aromatic heterocycles. The van der Waals surface area contributed by atoms with E-state index in [-0.39, 0.29) is 23.4 Å². The average molecular weight is 449 g/mol. The fourth-order valence-electron chi connectivity index (χ4n) is 2.96. The van der Waals surface area contributed by atoms with Crippen molar-refractivity contribution in [2.24, 2.45) is 5.14 Å². The van der Waals surface area contributed by atoms with E-state index in [1.165, 1.54) is 17.8 Å². The minimum absolute atomic E-state index is 0.0366. The predicted octanol–water partition coefficient (Wildman–Crippen LogP) is 2.93. The lowest BCUT2D eigenvalue weighted by Gasteiger charge is -2.12. The number of nitrogens with two attached hydrogens (primary N) is 1. The number of aryl methyl sites for hydroxylation is 2. The third-order valence-electron chi connectivity index (χ3n) is 4.58. The zero-order valence-electron chi connectivity index (χ0n) is 16.4. The molecule has 2 aromatic carbocycles. The molecular weight excluding hydrogens is 428 g/mol. The van der Waals surface area contributed by atoms with Crippen molar-refractivity contribution >= 4 is 27.5 Å². The summed E-state index contributed by atoms with van der Waals surface area (Å²) >= 11 is 6.29. The van der Waals surface area contributed by atoms with E-state index in [0.29, 0.717) is 21.5 Å². The maximum Gasteiger partial charge on any atom is 0.246 e. The number of para-hydroxylation sites is 1. The number of aromatic nitrogens is 2. The lowest BCUT2D eigenvalue weighted by molar-refractivity contribution is -0.159. The number of hydrogen-bond donors (Lipinski definition) is 2. The fourth-order valence-corrected chi connectivity index (χ4v) is 3.86. The minimum Gasteiger partial charge on any atom is -0.286 e. The molecule has 10 heteroatoms. The van der Waals surface area contributed by atoms with Crippen LogP contribution in [0.2, 0.25) is 5.02 Å². The van der Waals surface area contributed by atoms with Crippen LogP contribution in [-0.2, 0) is 21.2 Å². The third kappa shape index (κ3) is 4.71. The average Bonchev–Trinajstić information content (AvgIpc) is 3.11. The van der Waals surface area contributed by atoms with Gasteiger partial charge in [0.05, 0.1) is 17.1 Å². The minimum atomic E-state index is -4.00. The first-order valence-corrected chi connectivity index (χ1v) is 10.9. The van der Waals surface area contributed by atoms with E-state index in [2.05, 4.69) is 5.10 Å². The Kier molecular flexibility index (Phi) is 6.27. The van der Waals surface area contributed by atoms with Crippen molar-refractivity contribution < 1.29 is 18.4 Å². The van der Waals surface area contributed by atoms with Crippen LogP contribution in [0.25, 0.3) is 16.9 Å². The van der Waals surface area contributed by atoms with Gasteiger partial charge in [-0.25, -0.2) is 23.3 Å². The highest BCUT2D eigenvalue weighted by Gasteiger charge is 2.20. The molecular formula is C20H21ClN4O4S. The number of amides is 1. The molecule has 8 nitrogen and oxygen atoms in total. The van der Waals surface area contributed by atoms with Crippen LogP contribution in [0.3, 0.4) is 0 Å². The molecule has 3 aromatic rings. The second-order valence-corrected chi connectivity index (χ2v) is 8.76. The zero-order valence-corrected chi connectivity index (χ0v) is 18.0. The maximum atomic E-state index is 12.1. The highest BCUT2D eigenvalue weighted by molar-refractivity contribution is 7.89. The number of primary sulfonamides is 1. The molecule has 1 heterocycles. The van der Waals surface area contributed by atoms with Gasteiger partial charge < -0.3 is 0 Å². The van der Waals surface area contributed by atoms with Crippen LogP contribution in [0.15, 0.2) is 53.4 Å². The van der Waals surface area contributed by atoms with E-state index in [0.717, 1.165) is 11.1 Å². The number of nitrogens with zero attached hydrogens (tertiary/aromatic N) is 3. The summed E-state index contributed by atoms with van der Waals surface area (Å²) in [4.78, 5) is 11.7. The molecule has 3 rings (SSSR count). The number of hydroxylamine groups is 2. The highest BCUT2D eigenvalue weighted by Crippen LogP contribution is 2.30. The van der Waals surface area contributed by atoms with Gasteiger partial charge in [0.15, 0.2) is 0 Å². The second-order valence-electron chi connectivity index (χ2n) is 6.83. The highest BCUT2D eigenvalue weighted by atomic mass is 35.5. The molecule has 0 saturated carbocycles. The summed E-state index contributed by atoms with van der Waals surface area (Å²) in [5, 5.41) is 20.2. The van der Waals surface area contributed by atoms with Crippen molar-refractivity contribution in [2.45, 2.75) is 24.7 Å². The third-order valence-corrected chi connectivity index (χ3v) is 5.95. The standard InChI is InChI=1S/C20H21ClN4O4S/c1-13-7-8-14(11-16(13)21)18-12-15(9-10-20(26)24(2)27)23-25(18)17-5-3-4-6-19(17)30(22,28)29/h3-8,11-12,27H,9-10H2,1-2H3,(H2,22,28,29). The molecule has 0 aliphatic heterocycles. The summed E-state index contributed by atoms with van der Waals surface area (Å²) in [6.07, 6.45) is 0.288. The molecule has 0 radical (unpaired) electrons. The first kappa shape index (κ1) is 22.0. The van der Waals surface area contributed by atoms with Gasteiger partial charge in [-0.1, -0.05) is 35.9 Å². The normalized spacial score (nSPS) is 11.5. The van der Waals surface area contributed by atoms with Gasteiger partial charge in [0.25, 0.3) is 0 Å². The first-order valence-electron chi connectivity index (χ1n) is 9.01. The smallest absolute Gasteiger partial charge is 0.246 e. The number of hydrogen-bond acceptors (Lipinski definition) is 5. The van der Waals surface area contributed by atoms with Crippen molar-refractivity contribution in [3.8, 4) is 16.9 Å². The Balaban J connectivity index is 2.16. The van der Waals surface area contributed by atoms with Crippen LogP contribution in [0.5, 0.6) is 0 Å². The first-order chi connectivity index (χ1) is 14.1. The van der Waals surface area contributed by atoms with E-state index in [9.17, 15) is 18.4 Å². The second kappa shape index (κ2) is 8.57. The summed E-state index contributed by atoms with van der Waals surface area (Å²) < 4.78 is 25.7. The molecule has 0 bridgehead atoms. The van der Waals surface area contributed by atoms with Crippen molar-refractivity contribution in [2.75, 3.05) is 7.05 Å². The molecule has 0 atom stereocenters. The number of carbonyl (C=O) groups excluding carboxylic acids is 1. The molecule has 0 aliphatic rings. The lowest BCUT2D eigenvalue weighted by atomic mass is 10.1. The summed E-state index contributed by atoms with van der Waals surface area (Å²) in [5.74, 6) is -0.464. The number of sulfonamides is 1. The van der Waals surface area contributed by atoms with Crippen molar-refractivity contribution in [1.82, 2.24) is 14.8 Å². The lowest BCUT2D eigenvalue weighted by Crippen LogP contribution is -2.22.